The summed E-state index contributed by atoms with van der Waals surface area (Å²) in [4.78, 5) is 0. The van der Waals surface area contributed by atoms with Crippen molar-refractivity contribution in [1.82, 2.24) is 4.57 Å². The highest BCUT2D eigenvalue weighted by molar-refractivity contribution is 6.02. The summed E-state index contributed by atoms with van der Waals surface area (Å²) in [6, 6.07) is 54.0. The molecule has 1 heteroatoms. The van der Waals surface area contributed by atoms with Crippen molar-refractivity contribution in [2.75, 3.05) is 0 Å². The normalized spacial score (nSPS) is 10.9. The first kappa shape index (κ1) is 21.9. The molecule has 1 nitrogen and oxygen atoms in total. The van der Waals surface area contributed by atoms with Crippen LogP contribution in [0.15, 0.2) is 152 Å². The number of benzene rings is 5. The maximum Gasteiger partial charge on any atom is 0.0574 e. The third-order valence-corrected chi connectivity index (χ3v) is 6.67. The zero-order valence-electron chi connectivity index (χ0n) is 20.1. The number of hydrogen-bond acceptors (Lipinski definition) is 0. The Morgan fingerprint density at radius 2 is 0.639 bits per heavy atom. The molecule has 0 saturated heterocycles. The second kappa shape index (κ2) is 9.93. The standard InChI is InChI=1S/C35H27N/c1-6-16-27(17-7-1)26-36-34(30-22-12-4-13-23-30)32(28-18-8-2-9-19-28)33(29-20-10-3-11-21-29)35(36)31-24-14-5-15-25-31/h1-25H,26H2. The van der Waals surface area contributed by atoms with Gasteiger partial charge in [0.25, 0.3) is 0 Å². The van der Waals surface area contributed by atoms with Gasteiger partial charge in [-0.2, -0.15) is 0 Å². The molecule has 6 rings (SSSR count). The highest BCUT2D eigenvalue weighted by Gasteiger charge is 2.26. The van der Waals surface area contributed by atoms with E-state index >= 15 is 0 Å². The van der Waals surface area contributed by atoms with Crippen LogP contribution in [0.1, 0.15) is 5.56 Å². The summed E-state index contributed by atoms with van der Waals surface area (Å²) in [5.41, 5.74) is 11.2. The third kappa shape index (κ3) is 4.16. The average molecular weight is 462 g/mol. The minimum Gasteiger partial charge on any atom is -0.335 e. The summed E-state index contributed by atoms with van der Waals surface area (Å²) >= 11 is 0. The Morgan fingerprint density at radius 3 is 1.00 bits per heavy atom. The lowest BCUT2D eigenvalue weighted by Gasteiger charge is -2.16. The molecule has 0 saturated carbocycles. The molecule has 0 radical (unpaired) electrons. The molecule has 5 aromatic carbocycles. The summed E-state index contributed by atoms with van der Waals surface area (Å²) in [6.45, 7) is 0.780. The van der Waals surface area contributed by atoms with E-state index in [1.165, 1.54) is 50.3 Å². The van der Waals surface area contributed by atoms with Gasteiger partial charge in [0, 0.05) is 17.7 Å². The van der Waals surface area contributed by atoms with Gasteiger partial charge in [0.15, 0.2) is 0 Å². The van der Waals surface area contributed by atoms with Crippen LogP contribution in [0.4, 0.5) is 0 Å². The Balaban J connectivity index is 1.78. The molecule has 0 spiro atoms. The highest BCUT2D eigenvalue weighted by Crippen LogP contribution is 2.48. The highest BCUT2D eigenvalue weighted by atomic mass is 15.0. The van der Waals surface area contributed by atoms with E-state index in [-0.39, 0.29) is 0 Å². The lowest BCUT2D eigenvalue weighted by atomic mass is 9.91. The molecule has 0 N–H and O–H groups in total. The number of aromatic nitrogens is 1. The second-order valence-electron chi connectivity index (χ2n) is 8.98. The van der Waals surface area contributed by atoms with Gasteiger partial charge in [-0.1, -0.05) is 152 Å². The van der Waals surface area contributed by atoms with E-state index < -0.39 is 0 Å². The predicted octanol–water partition coefficient (Wildman–Crippen LogP) is 9.20. The van der Waals surface area contributed by atoms with Crippen LogP contribution in [-0.2, 0) is 6.54 Å². The van der Waals surface area contributed by atoms with Crippen molar-refractivity contribution in [3.05, 3.63) is 157 Å². The molecule has 0 bridgehead atoms. The second-order valence-corrected chi connectivity index (χ2v) is 8.98. The van der Waals surface area contributed by atoms with Crippen LogP contribution in [0.5, 0.6) is 0 Å². The molecular formula is C35H27N. The van der Waals surface area contributed by atoms with Crippen LogP contribution >= 0.6 is 0 Å². The van der Waals surface area contributed by atoms with Crippen LogP contribution < -0.4 is 0 Å². The van der Waals surface area contributed by atoms with Gasteiger partial charge in [0.1, 0.15) is 0 Å². The maximum absolute atomic E-state index is 2.52. The molecular weight excluding hydrogens is 434 g/mol. The van der Waals surface area contributed by atoms with Crippen molar-refractivity contribution in [3.63, 3.8) is 0 Å². The zero-order chi connectivity index (χ0) is 24.2. The first-order valence-corrected chi connectivity index (χ1v) is 12.4. The summed E-state index contributed by atoms with van der Waals surface area (Å²) in [5.74, 6) is 0. The number of nitrogens with zero attached hydrogens (tertiary/aromatic N) is 1. The van der Waals surface area contributed by atoms with Gasteiger partial charge in [0.2, 0.25) is 0 Å². The Bertz CT molecular complexity index is 1450. The average Bonchev–Trinajstić information content (AvgIpc) is 3.30. The third-order valence-electron chi connectivity index (χ3n) is 6.67. The zero-order valence-corrected chi connectivity index (χ0v) is 20.1. The van der Waals surface area contributed by atoms with Crippen LogP contribution in [-0.4, -0.2) is 4.57 Å². The van der Waals surface area contributed by atoms with E-state index in [0.717, 1.165) is 6.54 Å². The quantitative estimate of drug-likeness (QED) is 0.233. The Morgan fingerprint density at radius 1 is 0.333 bits per heavy atom. The van der Waals surface area contributed by atoms with Crippen molar-refractivity contribution in [2.45, 2.75) is 6.54 Å². The Labute approximate surface area is 213 Å². The van der Waals surface area contributed by atoms with Gasteiger partial charge < -0.3 is 4.57 Å². The largest absolute Gasteiger partial charge is 0.335 e. The van der Waals surface area contributed by atoms with Crippen LogP contribution in [0, 0.1) is 0 Å². The fourth-order valence-corrected chi connectivity index (χ4v) is 5.11. The minimum atomic E-state index is 0.780. The maximum atomic E-state index is 2.52. The van der Waals surface area contributed by atoms with E-state index in [4.69, 9.17) is 0 Å². The monoisotopic (exact) mass is 461 g/mol. The number of hydrogen-bond donors (Lipinski definition) is 0. The molecule has 172 valence electrons. The minimum absolute atomic E-state index is 0.780. The molecule has 1 heterocycles. The molecule has 0 aliphatic heterocycles. The Hall–Kier alpha value is -4.62. The van der Waals surface area contributed by atoms with Crippen molar-refractivity contribution >= 4 is 0 Å². The molecule has 6 aromatic rings. The smallest absolute Gasteiger partial charge is 0.0574 e. The summed E-state index contributed by atoms with van der Waals surface area (Å²) in [5, 5.41) is 0. The van der Waals surface area contributed by atoms with Gasteiger partial charge in [-0.05, 0) is 27.8 Å². The summed E-state index contributed by atoms with van der Waals surface area (Å²) < 4.78 is 2.52. The molecule has 1 aromatic heterocycles. The number of rotatable bonds is 6. The molecule has 0 unspecified atom stereocenters. The predicted molar refractivity (Wildman–Crippen MR) is 152 cm³/mol. The first-order valence-electron chi connectivity index (χ1n) is 12.4. The van der Waals surface area contributed by atoms with Crippen LogP contribution in [0.25, 0.3) is 44.8 Å². The van der Waals surface area contributed by atoms with Crippen molar-refractivity contribution in [3.8, 4) is 44.8 Å². The van der Waals surface area contributed by atoms with Crippen molar-refractivity contribution in [1.29, 1.82) is 0 Å². The van der Waals surface area contributed by atoms with Gasteiger partial charge in [-0.3, -0.25) is 0 Å². The molecule has 0 aliphatic carbocycles. The summed E-state index contributed by atoms with van der Waals surface area (Å²) in [7, 11) is 0. The molecule has 36 heavy (non-hydrogen) atoms. The molecule has 0 fully saturated rings. The fraction of sp³-hybridized carbons (Fsp3) is 0.0286. The van der Waals surface area contributed by atoms with Crippen molar-refractivity contribution in [2.24, 2.45) is 0 Å². The van der Waals surface area contributed by atoms with E-state index in [9.17, 15) is 0 Å². The Kier molecular flexibility index (Phi) is 6.04. The van der Waals surface area contributed by atoms with Gasteiger partial charge in [-0.15, -0.1) is 0 Å². The molecule has 0 aliphatic rings. The molecule has 0 amide bonds. The lowest BCUT2D eigenvalue weighted by molar-refractivity contribution is 0.823. The van der Waals surface area contributed by atoms with E-state index in [1.807, 2.05) is 0 Å². The van der Waals surface area contributed by atoms with Gasteiger partial charge in [-0.25, -0.2) is 0 Å². The SMILES string of the molecule is c1ccc(Cn2c(-c3ccccc3)c(-c3ccccc3)c(-c3ccccc3)c2-c2ccccc2)cc1. The first-order chi connectivity index (χ1) is 17.9. The van der Waals surface area contributed by atoms with Gasteiger partial charge in [0.05, 0.1) is 11.4 Å². The van der Waals surface area contributed by atoms with E-state index in [1.54, 1.807) is 0 Å². The fourth-order valence-electron chi connectivity index (χ4n) is 5.11. The summed E-state index contributed by atoms with van der Waals surface area (Å²) in [6.07, 6.45) is 0. The van der Waals surface area contributed by atoms with Crippen molar-refractivity contribution < 1.29 is 0 Å². The molecule has 0 atom stereocenters. The van der Waals surface area contributed by atoms with Crippen LogP contribution in [0.2, 0.25) is 0 Å². The van der Waals surface area contributed by atoms with E-state index in [0.29, 0.717) is 0 Å². The van der Waals surface area contributed by atoms with E-state index in [2.05, 4.69) is 156 Å². The van der Waals surface area contributed by atoms with Crippen LogP contribution in [0.3, 0.4) is 0 Å². The lowest BCUT2D eigenvalue weighted by Crippen LogP contribution is -2.04. The van der Waals surface area contributed by atoms with Gasteiger partial charge >= 0.3 is 0 Å². The topological polar surface area (TPSA) is 4.93 Å².